The van der Waals surface area contributed by atoms with E-state index >= 15 is 0 Å². The highest BCUT2D eigenvalue weighted by molar-refractivity contribution is 4.76. The molecule has 0 atom stereocenters. The van der Waals surface area contributed by atoms with Gasteiger partial charge in [-0.25, -0.2) is 0 Å². The zero-order valence-electron chi connectivity index (χ0n) is 12.1. The maximum atomic E-state index is 5.40. The molecule has 0 unspecified atom stereocenters. The molecule has 0 bridgehead atoms. The Balaban J connectivity index is 0.000000686. The lowest BCUT2D eigenvalue weighted by molar-refractivity contribution is 0.0346. The summed E-state index contributed by atoms with van der Waals surface area (Å²) in [5, 5.41) is 0. The lowest BCUT2D eigenvalue weighted by atomic mass is 9.88. The Hall–Kier alpha value is -0.0800. The van der Waals surface area contributed by atoms with E-state index in [2.05, 4.69) is 4.90 Å². The smallest absolute Gasteiger partial charge is 0.0595 e. The third kappa shape index (κ3) is 5.39. The Morgan fingerprint density at radius 2 is 1.53 bits per heavy atom. The number of likely N-dealkylation sites (tertiary alicyclic amines) is 1. The molecule has 2 heteroatoms. The summed E-state index contributed by atoms with van der Waals surface area (Å²) in [6.45, 7) is 7.88. The van der Waals surface area contributed by atoms with Gasteiger partial charge in [0.15, 0.2) is 0 Å². The van der Waals surface area contributed by atoms with Gasteiger partial charge >= 0.3 is 0 Å². The predicted octanol–water partition coefficient (Wildman–Crippen LogP) is 3.70. The maximum Gasteiger partial charge on any atom is 0.0595 e. The van der Waals surface area contributed by atoms with Crippen LogP contribution in [0.4, 0.5) is 0 Å². The number of hydrogen-bond acceptors (Lipinski definition) is 2. The van der Waals surface area contributed by atoms with E-state index in [0.717, 1.165) is 5.92 Å². The van der Waals surface area contributed by atoms with Crippen LogP contribution in [0.15, 0.2) is 0 Å². The fourth-order valence-corrected chi connectivity index (χ4v) is 3.06. The first-order valence-electron chi connectivity index (χ1n) is 7.63. The normalized spacial score (nSPS) is 24.2. The second-order valence-corrected chi connectivity index (χ2v) is 5.24. The summed E-state index contributed by atoms with van der Waals surface area (Å²) in [4.78, 5) is 2.66. The lowest BCUT2D eigenvalue weighted by Gasteiger charge is -2.34. The highest BCUT2D eigenvalue weighted by Gasteiger charge is 2.22. The van der Waals surface area contributed by atoms with Crippen molar-refractivity contribution in [1.29, 1.82) is 0 Å². The average molecular weight is 241 g/mol. The Morgan fingerprint density at radius 3 is 2.06 bits per heavy atom. The molecule has 0 aromatic heterocycles. The van der Waals surface area contributed by atoms with Crippen LogP contribution in [0.25, 0.3) is 0 Å². The zero-order chi connectivity index (χ0) is 12.5. The van der Waals surface area contributed by atoms with Crippen molar-refractivity contribution in [1.82, 2.24) is 4.90 Å². The van der Waals surface area contributed by atoms with Crippen LogP contribution in [0.2, 0.25) is 0 Å². The Bertz CT molecular complexity index is 170. The van der Waals surface area contributed by atoms with Crippen molar-refractivity contribution in [3.05, 3.63) is 0 Å². The molecule has 0 aromatic carbocycles. The van der Waals surface area contributed by atoms with E-state index < -0.39 is 0 Å². The van der Waals surface area contributed by atoms with Crippen LogP contribution in [0.5, 0.6) is 0 Å². The van der Waals surface area contributed by atoms with E-state index in [1.165, 1.54) is 64.6 Å². The minimum Gasteiger partial charge on any atom is -0.381 e. The van der Waals surface area contributed by atoms with Crippen molar-refractivity contribution in [2.24, 2.45) is 5.92 Å². The first kappa shape index (κ1) is 15.0. The average Bonchev–Trinajstić information content (AvgIpc) is 2.43. The molecule has 0 radical (unpaired) electrons. The molecule has 1 heterocycles. The summed E-state index contributed by atoms with van der Waals surface area (Å²) < 4.78 is 5.40. The standard InChI is InChI=1S/C13H25NO.C2H6/c1-15-13-7-9-14(10-8-13)11-12-5-3-2-4-6-12;1-2/h12-13H,2-11H2,1H3;1-2H3. The molecule has 1 saturated heterocycles. The van der Waals surface area contributed by atoms with Gasteiger partial charge in [-0.1, -0.05) is 33.1 Å². The second kappa shape index (κ2) is 8.93. The molecule has 1 aliphatic heterocycles. The van der Waals surface area contributed by atoms with Crippen molar-refractivity contribution in [2.75, 3.05) is 26.7 Å². The zero-order valence-corrected chi connectivity index (χ0v) is 12.1. The summed E-state index contributed by atoms with van der Waals surface area (Å²) in [6, 6.07) is 0. The maximum absolute atomic E-state index is 5.40. The Kier molecular flexibility index (Phi) is 7.87. The van der Waals surface area contributed by atoms with Crippen molar-refractivity contribution >= 4 is 0 Å². The third-order valence-corrected chi connectivity index (χ3v) is 4.11. The highest BCUT2D eigenvalue weighted by Crippen LogP contribution is 2.25. The fraction of sp³-hybridized carbons (Fsp3) is 1.00. The van der Waals surface area contributed by atoms with Gasteiger partial charge < -0.3 is 9.64 Å². The second-order valence-electron chi connectivity index (χ2n) is 5.24. The number of nitrogens with zero attached hydrogens (tertiary/aromatic N) is 1. The highest BCUT2D eigenvalue weighted by atomic mass is 16.5. The molecule has 1 aliphatic carbocycles. The van der Waals surface area contributed by atoms with Crippen LogP contribution in [-0.4, -0.2) is 37.7 Å². The summed E-state index contributed by atoms with van der Waals surface area (Å²) >= 11 is 0. The summed E-state index contributed by atoms with van der Waals surface area (Å²) in [7, 11) is 1.85. The number of rotatable bonds is 3. The summed E-state index contributed by atoms with van der Waals surface area (Å²) in [6.07, 6.45) is 10.4. The van der Waals surface area contributed by atoms with E-state index in [0.29, 0.717) is 6.10 Å². The van der Waals surface area contributed by atoms with Crippen LogP contribution in [0.3, 0.4) is 0 Å². The molecule has 0 aromatic rings. The molecule has 2 nitrogen and oxygen atoms in total. The molecular weight excluding hydrogens is 210 g/mol. The summed E-state index contributed by atoms with van der Waals surface area (Å²) in [5.74, 6) is 0.998. The van der Waals surface area contributed by atoms with Crippen molar-refractivity contribution < 1.29 is 4.74 Å². The van der Waals surface area contributed by atoms with Gasteiger partial charge in [0.1, 0.15) is 0 Å². The van der Waals surface area contributed by atoms with Gasteiger partial charge in [0.25, 0.3) is 0 Å². The number of piperidine rings is 1. The van der Waals surface area contributed by atoms with Crippen LogP contribution >= 0.6 is 0 Å². The quantitative estimate of drug-likeness (QED) is 0.747. The van der Waals surface area contributed by atoms with Crippen LogP contribution < -0.4 is 0 Å². The van der Waals surface area contributed by atoms with Gasteiger partial charge in [-0.05, 0) is 31.6 Å². The topological polar surface area (TPSA) is 12.5 Å². The summed E-state index contributed by atoms with van der Waals surface area (Å²) in [5.41, 5.74) is 0. The number of methoxy groups -OCH3 is 1. The van der Waals surface area contributed by atoms with E-state index in [-0.39, 0.29) is 0 Å². The van der Waals surface area contributed by atoms with E-state index in [4.69, 9.17) is 4.74 Å². The van der Waals surface area contributed by atoms with Crippen molar-refractivity contribution in [3.63, 3.8) is 0 Å². The predicted molar refractivity (Wildman–Crippen MR) is 74.4 cm³/mol. The van der Waals surface area contributed by atoms with Crippen LogP contribution in [0.1, 0.15) is 58.8 Å². The van der Waals surface area contributed by atoms with Crippen molar-refractivity contribution in [3.8, 4) is 0 Å². The molecule has 0 spiro atoms. The van der Waals surface area contributed by atoms with Gasteiger partial charge in [0, 0.05) is 26.7 Å². The van der Waals surface area contributed by atoms with Gasteiger partial charge in [-0.2, -0.15) is 0 Å². The van der Waals surface area contributed by atoms with E-state index in [9.17, 15) is 0 Å². The van der Waals surface area contributed by atoms with Gasteiger partial charge in [0.2, 0.25) is 0 Å². The van der Waals surface area contributed by atoms with Gasteiger partial charge in [-0.3, -0.25) is 0 Å². The third-order valence-electron chi connectivity index (χ3n) is 4.11. The lowest BCUT2D eigenvalue weighted by Crippen LogP contribution is -2.39. The first-order chi connectivity index (χ1) is 8.38. The van der Waals surface area contributed by atoms with Gasteiger partial charge in [-0.15, -0.1) is 0 Å². The molecule has 17 heavy (non-hydrogen) atoms. The Morgan fingerprint density at radius 1 is 0.941 bits per heavy atom. The number of ether oxygens (including phenoxy) is 1. The largest absolute Gasteiger partial charge is 0.381 e. The van der Waals surface area contributed by atoms with Crippen LogP contribution in [0, 0.1) is 5.92 Å². The fourth-order valence-electron chi connectivity index (χ4n) is 3.06. The van der Waals surface area contributed by atoms with Crippen LogP contribution in [-0.2, 0) is 4.74 Å². The molecule has 2 fully saturated rings. The minimum absolute atomic E-state index is 0.535. The van der Waals surface area contributed by atoms with Crippen molar-refractivity contribution in [2.45, 2.75) is 64.9 Å². The monoisotopic (exact) mass is 241 g/mol. The molecular formula is C15H31NO. The Labute approximate surface area is 108 Å². The van der Waals surface area contributed by atoms with E-state index in [1.54, 1.807) is 0 Å². The van der Waals surface area contributed by atoms with Gasteiger partial charge in [0.05, 0.1) is 6.10 Å². The molecule has 0 N–H and O–H groups in total. The van der Waals surface area contributed by atoms with E-state index in [1.807, 2.05) is 21.0 Å². The molecule has 102 valence electrons. The molecule has 0 amide bonds. The SMILES string of the molecule is CC.COC1CCN(CC2CCCCC2)CC1. The number of hydrogen-bond donors (Lipinski definition) is 0. The molecule has 1 saturated carbocycles. The first-order valence-corrected chi connectivity index (χ1v) is 7.63. The minimum atomic E-state index is 0.535. The molecule has 2 rings (SSSR count). The molecule has 2 aliphatic rings.